The number of hydrogen-bond acceptors (Lipinski definition) is 3. The van der Waals surface area contributed by atoms with Gasteiger partial charge in [-0.1, -0.05) is 13.8 Å². The maximum absolute atomic E-state index is 4.87. The van der Waals surface area contributed by atoms with Gasteiger partial charge in [-0.3, -0.25) is 4.57 Å². The van der Waals surface area contributed by atoms with Crippen molar-refractivity contribution in [3.63, 3.8) is 0 Å². The highest BCUT2D eigenvalue weighted by molar-refractivity contribution is 5.82. The Balaban J connectivity index is 1.78. The third-order valence-corrected chi connectivity index (χ3v) is 5.47. The minimum Gasteiger partial charge on any atom is -0.356 e. The van der Waals surface area contributed by atoms with Crippen molar-refractivity contribution in [1.82, 2.24) is 24.8 Å². The summed E-state index contributed by atoms with van der Waals surface area (Å²) >= 11 is 0. The van der Waals surface area contributed by atoms with Crippen LogP contribution in [0.15, 0.2) is 42.0 Å². The molecule has 0 unspecified atom stereocenters. The van der Waals surface area contributed by atoms with Gasteiger partial charge in [-0.25, -0.2) is 15.0 Å². The zero-order valence-corrected chi connectivity index (χ0v) is 15.8. The first-order valence-electron chi connectivity index (χ1n) is 8.84. The molecule has 1 aliphatic heterocycles. The fourth-order valence-corrected chi connectivity index (χ4v) is 3.06. The zero-order chi connectivity index (χ0) is 18.1. The predicted octanol–water partition coefficient (Wildman–Crippen LogP) is 2.85. The molecule has 6 nitrogen and oxygen atoms in total. The number of aliphatic imine (C=N–C) groups is 1. The van der Waals surface area contributed by atoms with E-state index in [4.69, 9.17) is 4.99 Å². The topological polar surface area (TPSA) is 58.3 Å². The molecule has 1 N–H and O–H groups in total. The summed E-state index contributed by atoms with van der Waals surface area (Å²) in [7, 11) is 0. The second-order valence-electron chi connectivity index (χ2n) is 7.69. The van der Waals surface area contributed by atoms with Crippen molar-refractivity contribution in [2.75, 3.05) is 13.1 Å². The van der Waals surface area contributed by atoms with Crippen LogP contribution in [0, 0.1) is 5.41 Å². The fraction of sp³-hybridized carbons (Fsp3) is 0.526. The normalized spacial score (nSPS) is 18.8. The number of likely N-dealkylation sites (tertiary alicyclic amines) is 1. The van der Waals surface area contributed by atoms with E-state index in [1.54, 1.807) is 12.5 Å². The molecule has 0 aromatic carbocycles. The minimum absolute atomic E-state index is 0.0915. The lowest BCUT2D eigenvalue weighted by Crippen LogP contribution is -2.72. The molecule has 3 rings (SSSR count). The van der Waals surface area contributed by atoms with E-state index in [0.29, 0.717) is 6.54 Å². The van der Waals surface area contributed by atoms with Crippen molar-refractivity contribution in [2.24, 2.45) is 10.4 Å². The summed E-state index contributed by atoms with van der Waals surface area (Å²) in [5.41, 5.74) is 1.51. The molecule has 25 heavy (non-hydrogen) atoms. The molecular weight excluding hydrogens is 312 g/mol. The van der Waals surface area contributed by atoms with Gasteiger partial charge in [-0.15, -0.1) is 0 Å². The van der Waals surface area contributed by atoms with E-state index in [1.165, 1.54) is 0 Å². The van der Waals surface area contributed by atoms with Gasteiger partial charge >= 0.3 is 0 Å². The first-order chi connectivity index (χ1) is 11.8. The van der Waals surface area contributed by atoms with Crippen molar-refractivity contribution in [1.29, 1.82) is 0 Å². The Kier molecular flexibility index (Phi) is 4.54. The highest BCUT2D eigenvalue weighted by Gasteiger charge is 2.53. The molecule has 2 aromatic heterocycles. The van der Waals surface area contributed by atoms with Gasteiger partial charge in [-0.2, -0.15) is 0 Å². The number of hydrogen-bond donors (Lipinski definition) is 1. The Bertz CT molecular complexity index is 745. The molecule has 0 saturated carbocycles. The van der Waals surface area contributed by atoms with Crippen LogP contribution in [-0.2, 0) is 6.54 Å². The van der Waals surface area contributed by atoms with Crippen LogP contribution in [0.4, 0.5) is 0 Å². The molecule has 0 radical (unpaired) electrons. The third kappa shape index (κ3) is 3.25. The maximum Gasteiger partial charge on any atom is 0.194 e. The van der Waals surface area contributed by atoms with E-state index in [9.17, 15) is 0 Å². The molecular formula is C19H28N6. The molecule has 0 bridgehead atoms. The summed E-state index contributed by atoms with van der Waals surface area (Å²) in [6.45, 7) is 13.8. The molecule has 134 valence electrons. The summed E-state index contributed by atoms with van der Waals surface area (Å²) in [6.07, 6.45) is 7.22. The van der Waals surface area contributed by atoms with Gasteiger partial charge in [0.05, 0.1) is 6.54 Å². The molecule has 1 saturated heterocycles. The molecule has 1 aliphatic rings. The van der Waals surface area contributed by atoms with Gasteiger partial charge in [0.1, 0.15) is 12.1 Å². The fourth-order valence-electron chi connectivity index (χ4n) is 3.06. The van der Waals surface area contributed by atoms with E-state index in [0.717, 1.165) is 30.4 Å². The molecule has 0 amide bonds. The predicted molar refractivity (Wildman–Crippen MR) is 101 cm³/mol. The number of aromatic nitrogens is 3. The first kappa shape index (κ1) is 17.5. The summed E-state index contributed by atoms with van der Waals surface area (Å²) in [5.74, 6) is 1.84. The van der Waals surface area contributed by atoms with Crippen molar-refractivity contribution < 1.29 is 0 Å². The summed E-state index contributed by atoms with van der Waals surface area (Å²) in [4.78, 5) is 15.7. The van der Waals surface area contributed by atoms with Gasteiger partial charge < -0.3 is 10.2 Å². The average molecular weight is 340 g/mol. The quantitative estimate of drug-likeness (QED) is 0.687. The second kappa shape index (κ2) is 6.50. The van der Waals surface area contributed by atoms with E-state index in [-0.39, 0.29) is 11.0 Å². The molecule has 0 aliphatic carbocycles. The molecule has 6 heteroatoms. The van der Waals surface area contributed by atoms with Gasteiger partial charge in [0.15, 0.2) is 5.96 Å². The molecule has 0 spiro atoms. The van der Waals surface area contributed by atoms with Gasteiger partial charge in [0.2, 0.25) is 0 Å². The average Bonchev–Trinajstić information content (AvgIpc) is 3.12. The Labute approximate surface area is 150 Å². The zero-order valence-electron chi connectivity index (χ0n) is 15.8. The molecule has 2 aromatic rings. The second-order valence-corrected chi connectivity index (χ2v) is 7.69. The van der Waals surface area contributed by atoms with Crippen LogP contribution >= 0.6 is 0 Å². The van der Waals surface area contributed by atoms with Crippen molar-refractivity contribution in [3.8, 4) is 5.82 Å². The maximum atomic E-state index is 4.87. The van der Waals surface area contributed by atoms with E-state index in [1.807, 2.05) is 23.0 Å². The number of nitrogens with one attached hydrogen (secondary N) is 1. The van der Waals surface area contributed by atoms with Crippen LogP contribution in [0.1, 0.15) is 40.2 Å². The monoisotopic (exact) mass is 340 g/mol. The lowest BCUT2D eigenvalue weighted by atomic mass is 9.65. The van der Waals surface area contributed by atoms with Crippen LogP contribution in [0.3, 0.4) is 0 Å². The van der Waals surface area contributed by atoms with Crippen LogP contribution in [0.25, 0.3) is 5.82 Å². The van der Waals surface area contributed by atoms with Crippen LogP contribution in [0.5, 0.6) is 0 Å². The molecule has 1 fully saturated rings. The SMILES string of the molecule is CCNC(=NCc1ccnc(-n2ccnc2)c1)N1CC(C)(C)C1(C)C. The standard InChI is InChI=1S/C19H28N6/c1-6-21-17(25-13-18(2,3)19(25,4)5)23-12-15-7-8-22-16(11-15)24-10-9-20-14-24/h7-11,14H,6,12-13H2,1-5H3,(H,21,23). The molecule has 0 atom stereocenters. The van der Waals surface area contributed by atoms with Crippen LogP contribution in [-0.4, -0.2) is 44.0 Å². The summed E-state index contributed by atoms with van der Waals surface area (Å²) in [6, 6.07) is 4.07. The number of imidazole rings is 1. The summed E-state index contributed by atoms with van der Waals surface area (Å²) < 4.78 is 1.90. The smallest absolute Gasteiger partial charge is 0.194 e. The third-order valence-electron chi connectivity index (χ3n) is 5.47. The van der Waals surface area contributed by atoms with Crippen molar-refractivity contribution >= 4 is 5.96 Å². The Hall–Kier alpha value is -2.37. The van der Waals surface area contributed by atoms with E-state index in [2.05, 4.69) is 60.9 Å². The first-order valence-corrected chi connectivity index (χ1v) is 8.84. The van der Waals surface area contributed by atoms with E-state index >= 15 is 0 Å². The number of rotatable bonds is 4. The van der Waals surface area contributed by atoms with Crippen molar-refractivity contribution in [3.05, 3.63) is 42.6 Å². The number of nitrogens with zero attached hydrogens (tertiary/aromatic N) is 5. The van der Waals surface area contributed by atoms with Crippen molar-refractivity contribution in [2.45, 2.75) is 46.7 Å². The Morgan fingerprint density at radius 1 is 1.28 bits per heavy atom. The lowest BCUT2D eigenvalue weighted by Gasteiger charge is -2.62. The minimum atomic E-state index is 0.0915. The number of guanidine groups is 1. The van der Waals surface area contributed by atoms with Gasteiger partial charge in [0, 0.05) is 42.6 Å². The Morgan fingerprint density at radius 2 is 2.08 bits per heavy atom. The Morgan fingerprint density at radius 3 is 2.68 bits per heavy atom. The lowest BCUT2D eigenvalue weighted by molar-refractivity contribution is -0.0667. The van der Waals surface area contributed by atoms with Crippen LogP contribution < -0.4 is 5.32 Å². The largest absolute Gasteiger partial charge is 0.356 e. The van der Waals surface area contributed by atoms with Crippen LogP contribution in [0.2, 0.25) is 0 Å². The number of pyridine rings is 1. The van der Waals surface area contributed by atoms with Gasteiger partial charge in [0.25, 0.3) is 0 Å². The summed E-state index contributed by atoms with van der Waals surface area (Å²) in [5, 5.41) is 3.44. The highest BCUT2D eigenvalue weighted by Crippen LogP contribution is 2.46. The van der Waals surface area contributed by atoms with E-state index < -0.39 is 0 Å². The molecule has 3 heterocycles. The van der Waals surface area contributed by atoms with Gasteiger partial charge in [-0.05, 0) is 38.5 Å². The highest BCUT2D eigenvalue weighted by atomic mass is 15.4.